The Hall–Kier alpha value is -2.66. The molecular weight excluding hydrogens is 340 g/mol. The first-order valence-electron chi connectivity index (χ1n) is 9.28. The molecule has 5 heteroatoms. The zero-order chi connectivity index (χ0) is 19.2. The van der Waals surface area contributed by atoms with Crippen molar-refractivity contribution in [1.29, 1.82) is 0 Å². The number of carbonyl (C=O) groups excluding carboxylic acids is 2. The molecule has 2 amide bonds. The van der Waals surface area contributed by atoms with Gasteiger partial charge in [0, 0.05) is 25.3 Å². The smallest absolute Gasteiger partial charge is 0.264 e. The zero-order valence-electron chi connectivity index (χ0n) is 15.9. The van der Waals surface area contributed by atoms with Crippen molar-refractivity contribution in [2.45, 2.75) is 50.8 Å². The number of benzene rings is 2. The molecule has 0 aliphatic carbocycles. The molecule has 0 aromatic heterocycles. The van der Waals surface area contributed by atoms with Gasteiger partial charge in [-0.1, -0.05) is 48.5 Å². The Morgan fingerprint density at radius 1 is 1.04 bits per heavy atom. The maximum Gasteiger partial charge on any atom is 0.264 e. The third-order valence-electron chi connectivity index (χ3n) is 5.51. The van der Waals surface area contributed by atoms with Crippen LogP contribution in [-0.2, 0) is 14.4 Å². The Morgan fingerprint density at radius 2 is 1.63 bits per heavy atom. The van der Waals surface area contributed by atoms with Gasteiger partial charge >= 0.3 is 0 Å². The molecule has 2 saturated heterocycles. The number of likely N-dealkylation sites (tertiary alicyclic amines) is 1. The van der Waals surface area contributed by atoms with Gasteiger partial charge in [-0.3, -0.25) is 19.3 Å². The van der Waals surface area contributed by atoms with Crippen LogP contribution in [0.4, 0.5) is 5.69 Å². The first kappa shape index (κ1) is 17.7. The quantitative estimate of drug-likeness (QED) is 0.812. The van der Waals surface area contributed by atoms with Crippen LogP contribution in [0.3, 0.4) is 0 Å². The molecule has 2 heterocycles. The van der Waals surface area contributed by atoms with Gasteiger partial charge in [-0.25, -0.2) is 5.06 Å². The summed E-state index contributed by atoms with van der Waals surface area (Å²) in [6.45, 7) is 5.29. The van der Waals surface area contributed by atoms with Gasteiger partial charge in [0.25, 0.3) is 5.91 Å². The summed E-state index contributed by atoms with van der Waals surface area (Å²) in [5.41, 5.74) is 0.391. The van der Waals surface area contributed by atoms with E-state index in [1.165, 1.54) is 11.8 Å². The summed E-state index contributed by atoms with van der Waals surface area (Å²) in [4.78, 5) is 33.2. The van der Waals surface area contributed by atoms with Crippen LogP contribution < -0.4 is 5.06 Å². The average molecular weight is 364 g/mol. The van der Waals surface area contributed by atoms with Gasteiger partial charge in [0.15, 0.2) is 5.60 Å². The van der Waals surface area contributed by atoms with Gasteiger partial charge in [0.1, 0.15) is 0 Å². The van der Waals surface area contributed by atoms with Crippen LogP contribution in [0.5, 0.6) is 0 Å². The van der Waals surface area contributed by atoms with E-state index in [0.717, 1.165) is 11.3 Å². The molecule has 0 radical (unpaired) electrons. The number of hydroxylamine groups is 1. The Morgan fingerprint density at radius 3 is 2.19 bits per heavy atom. The largest absolute Gasteiger partial charge is 0.275 e. The Balaban J connectivity index is 1.77. The van der Waals surface area contributed by atoms with Crippen molar-refractivity contribution < 1.29 is 14.4 Å². The number of amides is 2. The maximum absolute atomic E-state index is 13.3. The second-order valence-corrected chi connectivity index (χ2v) is 8.03. The first-order chi connectivity index (χ1) is 12.8. The SMILES string of the molecule is CC(=O)N1C(=O)[C@]2(C[C@H](c3ccccc3)N(c3ccccc3)O2)CC1(C)C. The van der Waals surface area contributed by atoms with Gasteiger partial charge in [-0.15, -0.1) is 0 Å². The van der Waals surface area contributed by atoms with Crippen molar-refractivity contribution >= 4 is 17.5 Å². The molecule has 2 fully saturated rings. The topological polar surface area (TPSA) is 49.9 Å². The third-order valence-corrected chi connectivity index (χ3v) is 5.51. The molecule has 2 atom stereocenters. The number of anilines is 1. The summed E-state index contributed by atoms with van der Waals surface area (Å²) in [5, 5.41) is 1.84. The lowest BCUT2D eigenvalue weighted by molar-refractivity contribution is -0.153. The van der Waals surface area contributed by atoms with Gasteiger partial charge < -0.3 is 0 Å². The summed E-state index contributed by atoms with van der Waals surface area (Å²) in [7, 11) is 0. The predicted molar refractivity (Wildman–Crippen MR) is 103 cm³/mol. The van der Waals surface area contributed by atoms with Crippen molar-refractivity contribution in [2.24, 2.45) is 0 Å². The molecule has 2 aromatic carbocycles. The van der Waals surface area contributed by atoms with Gasteiger partial charge in [-0.05, 0) is 31.5 Å². The monoisotopic (exact) mass is 364 g/mol. The van der Waals surface area contributed by atoms with Crippen molar-refractivity contribution in [3.63, 3.8) is 0 Å². The van der Waals surface area contributed by atoms with E-state index in [1.54, 1.807) is 0 Å². The summed E-state index contributed by atoms with van der Waals surface area (Å²) in [6.07, 6.45) is 0.989. The Labute approximate surface area is 159 Å². The zero-order valence-corrected chi connectivity index (χ0v) is 15.9. The number of imide groups is 1. The van der Waals surface area contributed by atoms with Crippen molar-refractivity contribution in [2.75, 3.05) is 5.06 Å². The van der Waals surface area contributed by atoms with Crippen LogP contribution in [0.1, 0.15) is 45.2 Å². The average Bonchev–Trinajstić information content (AvgIpc) is 3.11. The van der Waals surface area contributed by atoms with Crippen molar-refractivity contribution in [3.05, 3.63) is 66.2 Å². The highest BCUT2D eigenvalue weighted by molar-refractivity contribution is 6.02. The van der Waals surface area contributed by atoms with Crippen LogP contribution in [-0.4, -0.2) is 27.9 Å². The molecule has 2 aromatic rings. The van der Waals surface area contributed by atoms with Crippen molar-refractivity contribution in [3.8, 4) is 0 Å². The summed E-state index contributed by atoms with van der Waals surface area (Å²) >= 11 is 0. The minimum Gasteiger partial charge on any atom is -0.275 e. The number of carbonyl (C=O) groups is 2. The van der Waals surface area contributed by atoms with E-state index >= 15 is 0 Å². The summed E-state index contributed by atoms with van der Waals surface area (Å²) in [6, 6.07) is 19.8. The van der Waals surface area contributed by atoms with Crippen molar-refractivity contribution in [1.82, 2.24) is 4.90 Å². The van der Waals surface area contributed by atoms with E-state index in [-0.39, 0.29) is 17.9 Å². The van der Waals surface area contributed by atoms with Gasteiger partial charge in [0.2, 0.25) is 5.91 Å². The number of nitrogens with zero attached hydrogens (tertiary/aromatic N) is 2. The molecule has 5 nitrogen and oxygen atoms in total. The normalized spacial score (nSPS) is 26.8. The second kappa shape index (κ2) is 6.20. The highest BCUT2D eigenvalue weighted by Gasteiger charge is 2.63. The molecule has 2 aliphatic rings. The molecule has 1 spiro atoms. The Kier molecular flexibility index (Phi) is 4.07. The molecule has 27 heavy (non-hydrogen) atoms. The van der Waals surface area contributed by atoms with E-state index in [0.29, 0.717) is 12.8 Å². The third kappa shape index (κ3) is 2.82. The minimum absolute atomic E-state index is 0.0970. The number of rotatable bonds is 2. The minimum atomic E-state index is -1.02. The van der Waals surface area contributed by atoms with E-state index in [4.69, 9.17) is 4.84 Å². The predicted octanol–water partition coefficient (Wildman–Crippen LogP) is 3.87. The number of hydrogen-bond donors (Lipinski definition) is 0. The fraction of sp³-hybridized carbons (Fsp3) is 0.364. The molecule has 0 unspecified atom stereocenters. The van der Waals surface area contributed by atoms with Crippen LogP contribution in [0.2, 0.25) is 0 Å². The van der Waals surface area contributed by atoms with E-state index in [1.807, 2.05) is 67.4 Å². The van der Waals surface area contributed by atoms with E-state index < -0.39 is 11.1 Å². The Bertz CT molecular complexity index is 816. The lowest BCUT2D eigenvalue weighted by atomic mass is 9.86. The van der Waals surface area contributed by atoms with Gasteiger partial charge in [0.05, 0.1) is 11.7 Å². The molecule has 2 aliphatic heterocycles. The lowest BCUT2D eigenvalue weighted by Gasteiger charge is -2.27. The van der Waals surface area contributed by atoms with Crippen LogP contribution in [0, 0.1) is 0 Å². The fourth-order valence-electron chi connectivity index (χ4n) is 4.55. The van der Waals surface area contributed by atoms with Crippen LogP contribution in [0.25, 0.3) is 0 Å². The molecule has 0 saturated carbocycles. The van der Waals surface area contributed by atoms with Crippen LogP contribution >= 0.6 is 0 Å². The molecular formula is C22H24N2O3. The van der Waals surface area contributed by atoms with E-state index in [2.05, 4.69) is 12.1 Å². The van der Waals surface area contributed by atoms with Crippen LogP contribution in [0.15, 0.2) is 60.7 Å². The molecule has 4 rings (SSSR count). The fourth-order valence-corrected chi connectivity index (χ4v) is 4.55. The highest BCUT2D eigenvalue weighted by Crippen LogP contribution is 2.51. The number of hydrogen-bond acceptors (Lipinski definition) is 4. The highest BCUT2D eigenvalue weighted by atomic mass is 16.7. The maximum atomic E-state index is 13.3. The standard InChI is InChI=1S/C22H24N2O3/c1-16(25)23-20(26)22(15-21(23,2)3)14-19(17-10-6-4-7-11-17)24(27-22)18-12-8-5-9-13-18/h4-13,19H,14-15H2,1-3H3/t19-,22+/m1/s1. The number of para-hydroxylation sites is 1. The van der Waals surface area contributed by atoms with Gasteiger partial charge in [-0.2, -0.15) is 0 Å². The van der Waals surface area contributed by atoms with E-state index in [9.17, 15) is 9.59 Å². The molecule has 0 N–H and O–H groups in total. The molecule has 0 bridgehead atoms. The summed E-state index contributed by atoms with van der Waals surface area (Å²) in [5.74, 6) is -0.473. The molecule has 140 valence electrons. The lowest BCUT2D eigenvalue weighted by Crippen LogP contribution is -2.46. The second-order valence-electron chi connectivity index (χ2n) is 8.03. The first-order valence-corrected chi connectivity index (χ1v) is 9.28. The summed E-state index contributed by atoms with van der Waals surface area (Å²) < 4.78 is 0.